The minimum absolute atomic E-state index is 0.0357. The number of ether oxygens (including phenoxy) is 3. The molecule has 0 amide bonds. The Labute approximate surface area is 172 Å². The van der Waals surface area contributed by atoms with Crippen molar-refractivity contribution in [1.29, 1.82) is 0 Å². The molecule has 0 aliphatic rings. The van der Waals surface area contributed by atoms with Crippen molar-refractivity contribution < 1.29 is 48.0 Å². The van der Waals surface area contributed by atoms with Gasteiger partial charge in [-0.3, -0.25) is 9.59 Å². The molecule has 0 heterocycles. The van der Waals surface area contributed by atoms with Gasteiger partial charge in [-0.1, -0.05) is 25.5 Å². The number of carbonyl (C=O) groups excluding carboxylic acids is 3. The van der Waals surface area contributed by atoms with Crippen LogP contribution in [0.2, 0.25) is 0 Å². The molecule has 0 fully saturated rings. The van der Waals surface area contributed by atoms with E-state index in [0.717, 1.165) is 19.9 Å². The number of hydrogen-bond donors (Lipinski definition) is 0. The van der Waals surface area contributed by atoms with Crippen LogP contribution >= 0.6 is 10.2 Å². The Morgan fingerprint density at radius 3 is 1.84 bits per heavy atom. The summed E-state index contributed by atoms with van der Waals surface area (Å²) in [5.74, 6) is -2.87. The maximum Gasteiger partial charge on any atom is 0.336 e. The third kappa shape index (κ3) is 7.41. The van der Waals surface area contributed by atoms with E-state index >= 15 is 0 Å². The van der Waals surface area contributed by atoms with Crippen molar-refractivity contribution in [2.45, 2.75) is 18.7 Å². The summed E-state index contributed by atoms with van der Waals surface area (Å²) in [6.45, 7) is 2.27. The molecule has 0 aliphatic carbocycles. The molecule has 2 rings (SSSR count). The predicted molar refractivity (Wildman–Crippen MR) is 102 cm³/mol. The molecule has 0 N–H and O–H groups in total. The fraction of sp³-hybridized carbons (Fsp3) is 0.105. The molecule has 0 saturated carbocycles. The topological polar surface area (TPSA) is 78.9 Å². The summed E-state index contributed by atoms with van der Waals surface area (Å²) >= 11 is 0. The molecule has 0 bridgehead atoms. The first kappa shape index (κ1) is 23.9. The van der Waals surface area contributed by atoms with Gasteiger partial charge >= 0.3 is 28.1 Å². The molecular formula is C19H15F5O6S. The van der Waals surface area contributed by atoms with Gasteiger partial charge in [-0.15, -0.1) is 0 Å². The van der Waals surface area contributed by atoms with Gasteiger partial charge in [0.1, 0.15) is 10.6 Å². The maximum absolute atomic E-state index is 12.7. The third-order valence-electron chi connectivity index (χ3n) is 3.37. The minimum atomic E-state index is -9.82. The largest absolute Gasteiger partial charge is 0.423 e. The summed E-state index contributed by atoms with van der Waals surface area (Å²) < 4.78 is 78.0. The van der Waals surface area contributed by atoms with E-state index in [4.69, 9.17) is 14.2 Å². The van der Waals surface area contributed by atoms with Crippen LogP contribution in [0.1, 0.15) is 19.4 Å². The lowest BCUT2D eigenvalue weighted by molar-refractivity contribution is -0.134. The molecule has 168 valence electrons. The minimum Gasteiger partial charge on any atom is -0.423 e. The SMILES string of the molecule is CC(=O)Oc1ccc(/C=C/C(=O)Oc2ccc(S(F)(F)(F)(F)F)cc2)cc1OC(C)=O. The van der Waals surface area contributed by atoms with Gasteiger partial charge in [0.15, 0.2) is 11.5 Å². The second kappa shape index (κ2) is 7.69. The van der Waals surface area contributed by atoms with Crippen LogP contribution in [0.4, 0.5) is 19.4 Å². The van der Waals surface area contributed by atoms with Crippen molar-refractivity contribution in [1.82, 2.24) is 0 Å². The quantitative estimate of drug-likeness (QED) is 0.231. The van der Waals surface area contributed by atoms with Crippen LogP contribution in [-0.4, -0.2) is 17.9 Å². The van der Waals surface area contributed by atoms with Crippen LogP contribution in [0.15, 0.2) is 53.4 Å². The van der Waals surface area contributed by atoms with Gasteiger partial charge in [0, 0.05) is 19.9 Å². The number of hydrogen-bond acceptors (Lipinski definition) is 6. The molecule has 0 spiro atoms. The second-order valence-corrected chi connectivity index (χ2v) is 8.50. The average Bonchev–Trinajstić information content (AvgIpc) is 2.59. The number of rotatable bonds is 6. The molecule has 0 radical (unpaired) electrons. The van der Waals surface area contributed by atoms with Crippen molar-refractivity contribution >= 4 is 34.2 Å². The molecule has 2 aromatic rings. The summed E-state index contributed by atoms with van der Waals surface area (Å²) in [5, 5.41) is 0. The summed E-state index contributed by atoms with van der Waals surface area (Å²) in [5.41, 5.74) is 0.320. The van der Waals surface area contributed by atoms with E-state index in [1.165, 1.54) is 24.3 Å². The van der Waals surface area contributed by atoms with Crippen molar-refractivity contribution in [3.8, 4) is 17.2 Å². The first-order valence-corrected chi connectivity index (χ1v) is 10.2. The highest BCUT2D eigenvalue weighted by Crippen LogP contribution is 3.02. The van der Waals surface area contributed by atoms with Crippen LogP contribution < -0.4 is 14.2 Å². The average molecular weight is 466 g/mol. The molecule has 0 unspecified atom stereocenters. The van der Waals surface area contributed by atoms with Gasteiger partial charge in [-0.2, -0.15) is 0 Å². The zero-order valence-electron chi connectivity index (χ0n) is 15.9. The lowest BCUT2D eigenvalue weighted by atomic mass is 10.2. The smallest absolute Gasteiger partial charge is 0.336 e. The Kier molecular flexibility index (Phi) is 5.92. The van der Waals surface area contributed by atoms with Crippen molar-refractivity contribution in [3.05, 3.63) is 54.1 Å². The zero-order chi connectivity index (χ0) is 23.5. The summed E-state index contributed by atoms with van der Waals surface area (Å²) in [6.07, 6.45) is 2.12. The van der Waals surface area contributed by atoms with E-state index < -0.39 is 33.0 Å². The highest BCUT2D eigenvalue weighted by atomic mass is 32.5. The van der Waals surface area contributed by atoms with Crippen LogP contribution in [0.25, 0.3) is 6.08 Å². The van der Waals surface area contributed by atoms with Gasteiger partial charge in [0.25, 0.3) is 0 Å². The van der Waals surface area contributed by atoms with Crippen molar-refractivity contribution in [3.63, 3.8) is 0 Å². The summed E-state index contributed by atoms with van der Waals surface area (Å²) in [6, 6.07) is 5.42. The monoisotopic (exact) mass is 466 g/mol. The molecular weight excluding hydrogens is 451 g/mol. The van der Waals surface area contributed by atoms with E-state index in [1.807, 2.05) is 0 Å². The van der Waals surface area contributed by atoms with E-state index in [1.54, 1.807) is 0 Å². The third-order valence-corrected chi connectivity index (χ3v) is 4.54. The van der Waals surface area contributed by atoms with Gasteiger partial charge < -0.3 is 14.2 Å². The highest BCUT2D eigenvalue weighted by Gasteiger charge is 2.65. The standard InChI is InChI=1S/C19H15F5O6S/c1-12(25)28-17-9-3-14(11-18(17)29-13(2)26)4-10-19(27)30-15-5-7-16(8-6-15)31(20,21,22,23)24/h3-11H,1-2H3/b10-4+. The maximum atomic E-state index is 12.7. The number of halogens is 5. The molecule has 2 aromatic carbocycles. The molecule has 0 saturated heterocycles. The van der Waals surface area contributed by atoms with Crippen molar-refractivity contribution in [2.75, 3.05) is 0 Å². The Bertz CT molecular complexity index is 1060. The molecule has 0 atom stereocenters. The molecule has 6 nitrogen and oxygen atoms in total. The Morgan fingerprint density at radius 2 is 1.32 bits per heavy atom. The summed E-state index contributed by atoms with van der Waals surface area (Å²) in [4.78, 5) is 32.0. The van der Waals surface area contributed by atoms with Crippen LogP contribution in [0.3, 0.4) is 0 Å². The fourth-order valence-corrected chi connectivity index (χ4v) is 2.83. The van der Waals surface area contributed by atoms with Gasteiger partial charge in [0.05, 0.1) is 0 Å². The second-order valence-electron chi connectivity index (χ2n) is 6.09. The van der Waals surface area contributed by atoms with Crippen LogP contribution in [0, 0.1) is 0 Å². The van der Waals surface area contributed by atoms with Gasteiger partial charge in [-0.25, -0.2) is 4.79 Å². The number of benzene rings is 2. The zero-order valence-corrected chi connectivity index (χ0v) is 16.8. The Morgan fingerprint density at radius 1 is 0.774 bits per heavy atom. The summed E-state index contributed by atoms with van der Waals surface area (Å²) in [7, 11) is -9.82. The first-order chi connectivity index (χ1) is 14.0. The highest BCUT2D eigenvalue weighted by molar-refractivity contribution is 8.45. The van der Waals surface area contributed by atoms with Gasteiger partial charge in [0.2, 0.25) is 0 Å². The normalized spacial score (nSPS) is 13.8. The van der Waals surface area contributed by atoms with Crippen LogP contribution in [0.5, 0.6) is 17.2 Å². The van der Waals surface area contributed by atoms with Crippen LogP contribution in [-0.2, 0) is 14.4 Å². The Hall–Kier alpha value is -3.41. The number of carbonyl (C=O) groups is 3. The van der Waals surface area contributed by atoms with E-state index in [9.17, 15) is 33.8 Å². The van der Waals surface area contributed by atoms with E-state index in [-0.39, 0.29) is 29.4 Å². The Balaban J connectivity index is 2.14. The van der Waals surface area contributed by atoms with Gasteiger partial charge in [-0.05, 0) is 48.0 Å². The van der Waals surface area contributed by atoms with E-state index in [2.05, 4.69) is 0 Å². The fourth-order valence-electron chi connectivity index (χ4n) is 2.18. The predicted octanol–water partition coefficient (Wildman–Crippen LogP) is 5.81. The molecule has 31 heavy (non-hydrogen) atoms. The molecule has 0 aromatic heterocycles. The van der Waals surface area contributed by atoms with Crippen molar-refractivity contribution in [2.24, 2.45) is 0 Å². The van der Waals surface area contributed by atoms with E-state index in [0.29, 0.717) is 17.7 Å². The first-order valence-electron chi connectivity index (χ1n) is 8.28. The molecule has 0 aliphatic heterocycles. The number of esters is 3. The molecule has 12 heteroatoms. The lowest BCUT2D eigenvalue weighted by Gasteiger charge is -2.40. The lowest BCUT2D eigenvalue weighted by Crippen LogP contribution is -2.07.